The number of rotatable bonds is 0. The van der Waals surface area contributed by atoms with Gasteiger partial charge in [-0.3, -0.25) is 9.52 Å². The molecule has 7 nitrogen and oxygen atoms in total. The van der Waals surface area contributed by atoms with E-state index in [-0.39, 0.29) is 35.4 Å². The van der Waals surface area contributed by atoms with Crippen LogP contribution in [0.5, 0.6) is 5.75 Å². The van der Waals surface area contributed by atoms with Crippen LogP contribution in [0.4, 0.5) is 5.69 Å². The smallest absolute Gasteiger partial charge is 0.262 e. The second kappa shape index (κ2) is 11.0. The summed E-state index contributed by atoms with van der Waals surface area (Å²) in [6.07, 6.45) is 7.40. The standard InChI is InChI=1S/C33H41ClN2O5S/c1-21-14-26-17-31(41-21)27-8-5-24(27)18-36-19-33(11-3-4-22-15-25(34)7-9-28(22)33)20-40-30-10-6-23(16-29(30)36)32(37)35-42(2,38)13-12-39-26/h6-7,9-10,15-16,21,24,26-27,31H,2-5,8,11-14,17-20H2,1H3,(H,35,37,38)/t21-,24+,26+,27-,31-,33+,42?/m1/s1. The van der Waals surface area contributed by atoms with Crippen LogP contribution >= 0.6 is 11.6 Å². The minimum Gasteiger partial charge on any atom is -0.490 e. The number of amides is 1. The molecular weight excluding hydrogens is 572 g/mol. The molecule has 3 aliphatic heterocycles. The molecule has 1 amide bonds. The van der Waals surface area contributed by atoms with E-state index in [0.29, 0.717) is 30.6 Å². The number of ether oxygens (including phenoxy) is 3. The summed E-state index contributed by atoms with van der Waals surface area (Å²) in [6.45, 7) is 4.64. The first-order valence-electron chi connectivity index (χ1n) is 15.4. The van der Waals surface area contributed by atoms with Crippen LogP contribution in [0.15, 0.2) is 36.4 Å². The summed E-state index contributed by atoms with van der Waals surface area (Å²) in [5.74, 6) is 5.36. The number of nitrogens with one attached hydrogen (secondary N) is 1. The van der Waals surface area contributed by atoms with Crippen LogP contribution in [0.1, 0.15) is 66.9 Å². The molecule has 7 rings (SSSR count). The maximum Gasteiger partial charge on any atom is 0.262 e. The van der Waals surface area contributed by atoms with Crippen molar-refractivity contribution in [1.29, 1.82) is 0 Å². The third-order valence-corrected chi connectivity index (χ3v) is 11.9. The molecule has 1 saturated heterocycles. The second-order valence-corrected chi connectivity index (χ2v) is 15.9. The number of benzene rings is 2. The molecule has 5 aliphatic rings. The topological polar surface area (TPSA) is 77.1 Å². The maximum absolute atomic E-state index is 13.4. The van der Waals surface area contributed by atoms with Gasteiger partial charge in [-0.1, -0.05) is 17.7 Å². The molecule has 2 aliphatic carbocycles. The predicted octanol–water partition coefficient (Wildman–Crippen LogP) is 5.17. The van der Waals surface area contributed by atoms with Crippen LogP contribution < -0.4 is 14.4 Å². The zero-order valence-electron chi connectivity index (χ0n) is 24.3. The first-order chi connectivity index (χ1) is 20.2. The van der Waals surface area contributed by atoms with Gasteiger partial charge in [0.25, 0.3) is 5.91 Å². The van der Waals surface area contributed by atoms with Gasteiger partial charge in [0, 0.05) is 45.2 Å². The number of hydrogen-bond donors (Lipinski definition) is 1. The predicted molar refractivity (Wildman–Crippen MR) is 167 cm³/mol. The summed E-state index contributed by atoms with van der Waals surface area (Å²) < 4.78 is 35.3. The first-order valence-corrected chi connectivity index (χ1v) is 17.7. The molecule has 2 aromatic carbocycles. The quantitative estimate of drug-likeness (QED) is 0.414. The lowest BCUT2D eigenvalue weighted by Gasteiger charge is -2.48. The molecule has 1 N–H and O–H groups in total. The van der Waals surface area contributed by atoms with Crippen LogP contribution in [0.3, 0.4) is 0 Å². The summed E-state index contributed by atoms with van der Waals surface area (Å²) in [5.41, 5.74) is 3.82. The average molecular weight is 613 g/mol. The highest BCUT2D eigenvalue weighted by atomic mass is 35.5. The summed E-state index contributed by atoms with van der Waals surface area (Å²) in [4.78, 5) is 15.8. The fraction of sp³-hybridized carbons (Fsp3) is 0.576. The highest BCUT2D eigenvalue weighted by Crippen LogP contribution is 2.48. The van der Waals surface area contributed by atoms with Crippen molar-refractivity contribution < 1.29 is 23.2 Å². The first kappa shape index (κ1) is 28.5. The lowest BCUT2D eigenvalue weighted by Crippen LogP contribution is -2.51. The fourth-order valence-electron chi connectivity index (χ4n) is 8.02. The molecule has 2 fully saturated rings. The number of fused-ring (bicyclic) bond motifs is 7. The van der Waals surface area contributed by atoms with E-state index in [1.807, 2.05) is 18.2 Å². The minimum atomic E-state index is -2.87. The molecule has 42 heavy (non-hydrogen) atoms. The van der Waals surface area contributed by atoms with Crippen LogP contribution in [0.25, 0.3) is 0 Å². The van der Waals surface area contributed by atoms with Gasteiger partial charge in [-0.05, 0) is 105 Å². The van der Waals surface area contributed by atoms with Crippen molar-refractivity contribution in [3.8, 4) is 5.75 Å². The van der Waals surface area contributed by atoms with Gasteiger partial charge >= 0.3 is 0 Å². The van der Waals surface area contributed by atoms with E-state index in [2.05, 4.69) is 34.5 Å². The lowest BCUT2D eigenvalue weighted by molar-refractivity contribution is -0.146. The number of hydrogen-bond acceptors (Lipinski definition) is 6. The Balaban J connectivity index is 1.29. The highest BCUT2D eigenvalue weighted by Gasteiger charge is 2.46. The molecule has 7 atom stereocenters. The van der Waals surface area contributed by atoms with Crippen LogP contribution in [0, 0.1) is 11.8 Å². The van der Waals surface area contributed by atoms with E-state index >= 15 is 0 Å². The molecule has 4 bridgehead atoms. The van der Waals surface area contributed by atoms with E-state index in [1.54, 1.807) is 6.07 Å². The number of nitrogens with zero attached hydrogens (tertiary/aromatic N) is 1. The van der Waals surface area contributed by atoms with Gasteiger partial charge in [-0.15, -0.1) is 0 Å². The SMILES string of the molecule is C=S1(=O)CCO[C@H]2C[C@@H](C)O[C@H](C2)[C@@H]2CC[C@H]2CN2C[C@@]3(CCCc4cc(Cl)ccc43)COc3ccc(cc32)C(=O)N1. The molecule has 9 heteroatoms. The number of halogens is 1. The monoisotopic (exact) mass is 612 g/mol. The zero-order chi connectivity index (χ0) is 29.1. The lowest BCUT2D eigenvalue weighted by atomic mass is 9.67. The van der Waals surface area contributed by atoms with Crippen LogP contribution in [-0.2, 0) is 31.0 Å². The van der Waals surface area contributed by atoms with Gasteiger partial charge in [0.1, 0.15) is 5.75 Å². The van der Waals surface area contributed by atoms with Crippen molar-refractivity contribution in [3.63, 3.8) is 0 Å². The van der Waals surface area contributed by atoms with Crippen molar-refractivity contribution in [2.24, 2.45) is 11.8 Å². The average Bonchev–Trinajstić information content (AvgIpc) is 3.07. The Hall–Kier alpha value is -2.26. The van der Waals surface area contributed by atoms with E-state index in [0.717, 1.165) is 74.5 Å². The van der Waals surface area contributed by atoms with E-state index in [1.165, 1.54) is 11.1 Å². The molecule has 1 saturated carbocycles. The van der Waals surface area contributed by atoms with Gasteiger partial charge in [0.2, 0.25) is 0 Å². The Morgan fingerprint density at radius 1 is 1.17 bits per heavy atom. The van der Waals surface area contributed by atoms with E-state index < -0.39 is 9.71 Å². The van der Waals surface area contributed by atoms with Gasteiger partial charge in [-0.2, -0.15) is 0 Å². The summed E-state index contributed by atoms with van der Waals surface area (Å²) >= 11 is 6.43. The molecule has 3 heterocycles. The van der Waals surface area contributed by atoms with E-state index in [9.17, 15) is 9.00 Å². The second-order valence-electron chi connectivity index (χ2n) is 13.2. The van der Waals surface area contributed by atoms with Crippen molar-refractivity contribution in [1.82, 2.24) is 4.72 Å². The summed E-state index contributed by atoms with van der Waals surface area (Å²) in [5, 5.41) is 0.771. The Kier molecular flexibility index (Phi) is 7.48. The number of carbonyl (C=O) groups is 1. The van der Waals surface area contributed by atoms with Gasteiger partial charge in [-0.25, -0.2) is 4.21 Å². The molecule has 2 aromatic rings. The van der Waals surface area contributed by atoms with Gasteiger partial charge < -0.3 is 19.1 Å². The molecular formula is C33H41ClN2O5S. The zero-order valence-corrected chi connectivity index (χ0v) is 25.9. The van der Waals surface area contributed by atoms with Crippen molar-refractivity contribution in [2.45, 2.75) is 75.6 Å². The largest absolute Gasteiger partial charge is 0.490 e. The summed E-state index contributed by atoms with van der Waals surface area (Å²) in [7, 11) is -2.87. The van der Waals surface area contributed by atoms with Gasteiger partial charge in [0.15, 0.2) is 0 Å². The molecule has 1 unspecified atom stereocenters. The molecule has 0 aromatic heterocycles. The Bertz CT molecular complexity index is 1480. The molecule has 1 spiro atoms. The Morgan fingerprint density at radius 3 is 2.88 bits per heavy atom. The molecule has 226 valence electrons. The minimum absolute atomic E-state index is 0.0542. The van der Waals surface area contributed by atoms with Crippen LogP contribution in [0.2, 0.25) is 5.02 Å². The van der Waals surface area contributed by atoms with Gasteiger partial charge in [0.05, 0.1) is 43.0 Å². The Morgan fingerprint density at radius 2 is 2.05 bits per heavy atom. The number of carbonyl (C=O) groups excluding carboxylic acids is 1. The van der Waals surface area contributed by atoms with E-state index in [4.69, 9.17) is 25.8 Å². The van der Waals surface area contributed by atoms with Crippen molar-refractivity contribution in [2.75, 3.05) is 37.0 Å². The van der Waals surface area contributed by atoms with Crippen molar-refractivity contribution >= 4 is 38.8 Å². The summed E-state index contributed by atoms with van der Waals surface area (Å²) in [6, 6.07) is 11.9. The highest BCUT2D eigenvalue weighted by molar-refractivity contribution is 7.99. The van der Waals surface area contributed by atoms with Crippen molar-refractivity contribution in [3.05, 3.63) is 58.1 Å². The number of anilines is 1. The van der Waals surface area contributed by atoms with Crippen LogP contribution in [-0.4, -0.2) is 66.4 Å². The third kappa shape index (κ3) is 5.44. The number of aryl methyl sites for hydroxylation is 1. The normalized spacial score (nSPS) is 36.5. The maximum atomic E-state index is 13.4. The Labute approximate surface area is 254 Å². The third-order valence-electron chi connectivity index (χ3n) is 10.3. The fourth-order valence-corrected chi connectivity index (χ4v) is 9.14. The molecule has 0 radical (unpaired) electrons.